The summed E-state index contributed by atoms with van der Waals surface area (Å²) in [6.45, 7) is 1.98. The van der Waals surface area contributed by atoms with Gasteiger partial charge in [-0.2, -0.15) is 0 Å². The van der Waals surface area contributed by atoms with E-state index in [1.807, 2.05) is 37.3 Å². The summed E-state index contributed by atoms with van der Waals surface area (Å²) in [5.41, 5.74) is 9.57. The third-order valence-electron chi connectivity index (χ3n) is 2.34. The second-order valence-electron chi connectivity index (χ2n) is 3.41. The van der Waals surface area contributed by atoms with Crippen LogP contribution in [0, 0.1) is 6.92 Å². The molecular weight excluding hydrogens is 208 g/mol. The zero-order valence-electron chi connectivity index (χ0n) is 8.37. The number of benzene rings is 1. The standard InChI is InChI=1S/C12H11ClN2/c1-8-7-9(4-5-11(8)14)10-3-2-6-15-12(10)13/h2-7H,14H2,1H3. The predicted molar refractivity (Wildman–Crippen MR) is 63.8 cm³/mol. The van der Waals surface area contributed by atoms with Gasteiger partial charge in [0.25, 0.3) is 0 Å². The summed E-state index contributed by atoms with van der Waals surface area (Å²) in [6, 6.07) is 9.66. The number of aromatic nitrogens is 1. The molecule has 0 atom stereocenters. The average molecular weight is 219 g/mol. The van der Waals surface area contributed by atoms with Gasteiger partial charge in [0.2, 0.25) is 0 Å². The van der Waals surface area contributed by atoms with Crippen molar-refractivity contribution in [3.8, 4) is 11.1 Å². The number of halogens is 1. The Morgan fingerprint density at radius 3 is 2.73 bits per heavy atom. The molecule has 0 saturated heterocycles. The monoisotopic (exact) mass is 218 g/mol. The van der Waals surface area contributed by atoms with E-state index in [0.717, 1.165) is 22.4 Å². The molecule has 15 heavy (non-hydrogen) atoms. The first-order valence-electron chi connectivity index (χ1n) is 4.65. The van der Waals surface area contributed by atoms with Gasteiger partial charge in [-0.3, -0.25) is 0 Å². The van der Waals surface area contributed by atoms with Crippen molar-refractivity contribution in [1.29, 1.82) is 0 Å². The van der Waals surface area contributed by atoms with E-state index in [-0.39, 0.29) is 0 Å². The van der Waals surface area contributed by atoms with E-state index in [2.05, 4.69) is 4.98 Å². The lowest BCUT2D eigenvalue weighted by molar-refractivity contribution is 1.33. The van der Waals surface area contributed by atoms with Crippen LogP contribution in [0.4, 0.5) is 5.69 Å². The molecule has 0 amide bonds. The van der Waals surface area contributed by atoms with Crippen LogP contribution in [0.3, 0.4) is 0 Å². The van der Waals surface area contributed by atoms with Gasteiger partial charge < -0.3 is 5.73 Å². The third-order valence-corrected chi connectivity index (χ3v) is 2.64. The highest BCUT2D eigenvalue weighted by Crippen LogP contribution is 2.27. The van der Waals surface area contributed by atoms with E-state index in [9.17, 15) is 0 Å². The van der Waals surface area contributed by atoms with Crippen LogP contribution >= 0.6 is 11.6 Å². The topological polar surface area (TPSA) is 38.9 Å². The van der Waals surface area contributed by atoms with Gasteiger partial charge in [-0.25, -0.2) is 4.98 Å². The molecule has 0 aliphatic heterocycles. The number of nitrogen functional groups attached to an aromatic ring is 1. The Balaban J connectivity index is 2.55. The molecule has 0 aliphatic rings. The van der Waals surface area contributed by atoms with E-state index in [0.29, 0.717) is 5.15 Å². The van der Waals surface area contributed by atoms with E-state index >= 15 is 0 Å². The van der Waals surface area contributed by atoms with Crippen molar-refractivity contribution in [3.63, 3.8) is 0 Å². The number of anilines is 1. The minimum absolute atomic E-state index is 0.515. The molecule has 0 aliphatic carbocycles. The zero-order chi connectivity index (χ0) is 10.8. The highest BCUT2D eigenvalue weighted by Gasteiger charge is 2.04. The van der Waals surface area contributed by atoms with Crippen molar-refractivity contribution in [2.75, 3.05) is 5.73 Å². The van der Waals surface area contributed by atoms with Gasteiger partial charge in [0, 0.05) is 17.4 Å². The minimum Gasteiger partial charge on any atom is -0.399 e. The van der Waals surface area contributed by atoms with E-state index in [4.69, 9.17) is 17.3 Å². The molecule has 0 unspecified atom stereocenters. The zero-order valence-corrected chi connectivity index (χ0v) is 9.12. The third kappa shape index (κ3) is 1.95. The largest absolute Gasteiger partial charge is 0.399 e. The van der Waals surface area contributed by atoms with E-state index in [1.165, 1.54) is 0 Å². The lowest BCUT2D eigenvalue weighted by Crippen LogP contribution is -1.90. The molecule has 0 fully saturated rings. The van der Waals surface area contributed by atoms with Gasteiger partial charge >= 0.3 is 0 Å². The normalized spacial score (nSPS) is 10.3. The Labute approximate surface area is 93.7 Å². The number of hydrogen-bond donors (Lipinski definition) is 1. The van der Waals surface area contributed by atoms with Gasteiger partial charge in [0.1, 0.15) is 5.15 Å². The van der Waals surface area contributed by atoms with Gasteiger partial charge in [0.15, 0.2) is 0 Å². The maximum Gasteiger partial charge on any atom is 0.136 e. The Morgan fingerprint density at radius 2 is 2.07 bits per heavy atom. The number of nitrogens with two attached hydrogens (primary N) is 1. The highest BCUT2D eigenvalue weighted by molar-refractivity contribution is 6.32. The summed E-state index contributed by atoms with van der Waals surface area (Å²) in [5.74, 6) is 0. The summed E-state index contributed by atoms with van der Waals surface area (Å²) in [6.07, 6.45) is 1.68. The molecule has 0 spiro atoms. The molecule has 76 valence electrons. The Kier molecular flexibility index (Phi) is 2.60. The van der Waals surface area contributed by atoms with Crippen LogP contribution in [-0.4, -0.2) is 4.98 Å². The summed E-state index contributed by atoms with van der Waals surface area (Å²) in [5, 5.41) is 0.515. The first-order valence-corrected chi connectivity index (χ1v) is 5.03. The second-order valence-corrected chi connectivity index (χ2v) is 3.77. The van der Waals surface area contributed by atoms with Crippen LogP contribution in [0.25, 0.3) is 11.1 Å². The van der Waals surface area contributed by atoms with Crippen LogP contribution in [-0.2, 0) is 0 Å². The molecule has 2 aromatic rings. The SMILES string of the molecule is Cc1cc(-c2cccnc2Cl)ccc1N. The second kappa shape index (κ2) is 3.91. The van der Waals surface area contributed by atoms with Gasteiger partial charge in [0.05, 0.1) is 0 Å². The predicted octanol–water partition coefficient (Wildman–Crippen LogP) is 3.29. The maximum absolute atomic E-state index is 6.01. The lowest BCUT2D eigenvalue weighted by Gasteiger charge is -2.06. The van der Waals surface area contributed by atoms with Crippen molar-refractivity contribution in [2.45, 2.75) is 6.92 Å². The molecule has 1 aromatic heterocycles. The quantitative estimate of drug-likeness (QED) is 0.589. The van der Waals surface area contributed by atoms with Crippen molar-refractivity contribution in [2.24, 2.45) is 0 Å². The van der Waals surface area contributed by atoms with Crippen LogP contribution in [0.5, 0.6) is 0 Å². The first kappa shape index (κ1) is 9.99. The molecule has 1 aromatic carbocycles. The summed E-state index contributed by atoms with van der Waals surface area (Å²) in [4.78, 5) is 4.04. The van der Waals surface area contributed by atoms with Crippen molar-refractivity contribution >= 4 is 17.3 Å². The molecule has 1 heterocycles. The lowest BCUT2D eigenvalue weighted by atomic mass is 10.0. The molecule has 2 N–H and O–H groups in total. The minimum atomic E-state index is 0.515. The molecule has 2 rings (SSSR count). The van der Waals surface area contributed by atoms with Gasteiger partial charge in [-0.05, 0) is 42.3 Å². The fourth-order valence-electron chi connectivity index (χ4n) is 1.44. The van der Waals surface area contributed by atoms with Crippen LogP contribution in [0.15, 0.2) is 36.5 Å². The fraction of sp³-hybridized carbons (Fsp3) is 0.0833. The highest BCUT2D eigenvalue weighted by atomic mass is 35.5. The van der Waals surface area contributed by atoms with Crippen molar-refractivity contribution in [3.05, 3.63) is 47.2 Å². The summed E-state index contributed by atoms with van der Waals surface area (Å²) < 4.78 is 0. The van der Waals surface area contributed by atoms with E-state index < -0.39 is 0 Å². The van der Waals surface area contributed by atoms with Crippen molar-refractivity contribution < 1.29 is 0 Å². The maximum atomic E-state index is 6.01. The molecule has 0 radical (unpaired) electrons. The Morgan fingerprint density at radius 1 is 1.27 bits per heavy atom. The molecule has 0 saturated carbocycles. The number of nitrogens with zero attached hydrogens (tertiary/aromatic N) is 1. The van der Waals surface area contributed by atoms with Crippen LogP contribution in [0.1, 0.15) is 5.56 Å². The van der Waals surface area contributed by atoms with E-state index in [1.54, 1.807) is 6.20 Å². The number of hydrogen-bond acceptors (Lipinski definition) is 2. The smallest absolute Gasteiger partial charge is 0.136 e. The first-order chi connectivity index (χ1) is 7.18. The molecule has 3 heteroatoms. The number of aryl methyl sites for hydroxylation is 1. The molecule has 0 bridgehead atoms. The molecular formula is C12H11ClN2. The fourth-order valence-corrected chi connectivity index (χ4v) is 1.67. The Bertz CT molecular complexity index is 495. The van der Waals surface area contributed by atoms with Crippen molar-refractivity contribution in [1.82, 2.24) is 4.98 Å². The Hall–Kier alpha value is -1.54. The van der Waals surface area contributed by atoms with Crippen LogP contribution < -0.4 is 5.73 Å². The number of pyridine rings is 1. The van der Waals surface area contributed by atoms with Crippen LogP contribution in [0.2, 0.25) is 5.15 Å². The summed E-state index contributed by atoms with van der Waals surface area (Å²) >= 11 is 6.01. The molecule has 2 nitrogen and oxygen atoms in total. The summed E-state index contributed by atoms with van der Waals surface area (Å²) in [7, 11) is 0. The number of rotatable bonds is 1. The van der Waals surface area contributed by atoms with Gasteiger partial charge in [-0.15, -0.1) is 0 Å². The van der Waals surface area contributed by atoms with Gasteiger partial charge in [-0.1, -0.05) is 17.7 Å². The average Bonchev–Trinajstić information content (AvgIpc) is 2.23.